The van der Waals surface area contributed by atoms with Crippen LogP contribution in [0.25, 0.3) is 0 Å². The number of hydrogen-bond donors (Lipinski definition) is 2. The Kier molecular flexibility index (Phi) is 3.58. The summed E-state index contributed by atoms with van der Waals surface area (Å²) in [6.07, 6.45) is 5.96. The first-order valence-corrected chi connectivity index (χ1v) is 5.52. The Labute approximate surface area is 80.2 Å². The molecule has 0 bridgehead atoms. The van der Waals surface area contributed by atoms with Crippen molar-refractivity contribution in [2.24, 2.45) is 0 Å². The Morgan fingerprint density at radius 2 is 1.38 bits per heavy atom. The Hall–Kier alpha value is -0.120. The smallest absolute Gasteiger partial charge is 0.0704 e. The molecule has 0 aromatic rings. The van der Waals surface area contributed by atoms with E-state index in [2.05, 4.69) is 10.6 Å². The maximum absolute atomic E-state index is 6.01. The second kappa shape index (κ2) is 4.94. The first-order valence-electron chi connectivity index (χ1n) is 5.52. The Bertz CT molecular complexity index is 124. The molecule has 76 valence electrons. The molecule has 2 aliphatic rings. The first kappa shape index (κ1) is 9.44. The molecule has 0 amide bonds. The third kappa shape index (κ3) is 2.93. The second-order valence-electron chi connectivity index (χ2n) is 4.07. The van der Waals surface area contributed by atoms with E-state index >= 15 is 0 Å². The Balaban J connectivity index is 1.69. The van der Waals surface area contributed by atoms with E-state index in [1.54, 1.807) is 0 Å². The lowest BCUT2D eigenvalue weighted by Gasteiger charge is -2.30. The minimum Gasteiger partial charge on any atom is -0.372 e. The summed E-state index contributed by atoms with van der Waals surface area (Å²) in [5.41, 5.74) is 0. The van der Waals surface area contributed by atoms with Gasteiger partial charge in [0.2, 0.25) is 0 Å². The topological polar surface area (TPSA) is 33.3 Å². The lowest BCUT2D eigenvalue weighted by Crippen LogP contribution is -2.42. The highest BCUT2D eigenvalue weighted by atomic mass is 16.5. The molecule has 0 saturated carbocycles. The van der Waals surface area contributed by atoms with Gasteiger partial charge in [0, 0.05) is 13.1 Å². The summed E-state index contributed by atoms with van der Waals surface area (Å²) in [6.45, 7) is 4.44. The fourth-order valence-electron chi connectivity index (χ4n) is 2.14. The summed E-state index contributed by atoms with van der Waals surface area (Å²) in [7, 11) is 0. The van der Waals surface area contributed by atoms with E-state index in [0.29, 0.717) is 12.2 Å². The van der Waals surface area contributed by atoms with E-state index in [9.17, 15) is 0 Å². The zero-order valence-corrected chi connectivity index (χ0v) is 8.22. The first-order chi connectivity index (χ1) is 6.45. The molecule has 2 heterocycles. The largest absolute Gasteiger partial charge is 0.372 e. The molecule has 0 unspecified atom stereocenters. The highest BCUT2D eigenvalue weighted by molar-refractivity contribution is 4.74. The molecular formula is C10H20N2O. The fourth-order valence-corrected chi connectivity index (χ4v) is 2.14. The maximum Gasteiger partial charge on any atom is 0.0704 e. The van der Waals surface area contributed by atoms with Crippen molar-refractivity contribution in [1.29, 1.82) is 0 Å². The predicted octanol–water partition coefficient (Wildman–Crippen LogP) is 0.507. The van der Waals surface area contributed by atoms with Gasteiger partial charge in [0.1, 0.15) is 0 Å². The fraction of sp³-hybridized carbons (Fsp3) is 1.00. The van der Waals surface area contributed by atoms with Crippen molar-refractivity contribution in [3.05, 3.63) is 0 Å². The van der Waals surface area contributed by atoms with Gasteiger partial charge in [0.05, 0.1) is 12.2 Å². The van der Waals surface area contributed by atoms with Gasteiger partial charge in [0.15, 0.2) is 0 Å². The SMILES string of the molecule is C1CNC[C@@H](O[C@H]2CCCNC2)C1. The highest BCUT2D eigenvalue weighted by Gasteiger charge is 2.20. The summed E-state index contributed by atoms with van der Waals surface area (Å²) in [5, 5.41) is 6.76. The molecule has 3 nitrogen and oxygen atoms in total. The molecule has 2 fully saturated rings. The molecule has 2 rings (SSSR count). The van der Waals surface area contributed by atoms with Crippen LogP contribution in [0.4, 0.5) is 0 Å². The summed E-state index contributed by atoms with van der Waals surface area (Å²) in [4.78, 5) is 0. The van der Waals surface area contributed by atoms with Crippen LogP contribution in [-0.4, -0.2) is 38.4 Å². The monoisotopic (exact) mass is 184 g/mol. The standard InChI is InChI=1S/C10H20N2O/c1-3-9(7-11-5-1)13-10-4-2-6-12-8-10/h9-12H,1-8H2/t9-,10-/m0/s1. The lowest BCUT2D eigenvalue weighted by molar-refractivity contribution is -0.0323. The molecule has 2 N–H and O–H groups in total. The van der Waals surface area contributed by atoms with Crippen LogP contribution in [0.5, 0.6) is 0 Å². The molecule has 2 atom stereocenters. The van der Waals surface area contributed by atoms with E-state index in [1.165, 1.54) is 38.8 Å². The van der Waals surface area contributed by atoms with Gasteiger partial charge in [-0.25, -0.2) is 0 Å². The molecule has 0 aliphatic carbocycles. The van der Waals surface area contributed by atoms with Gasteiger partial charge in [-0.3, -0.25) is 0 Å². The molecule has 2 saturated heterocycles. The van der Waals surface area contributed by atoms with Crippen molar-refractivity contribution in [2.75, 3.05) is 26.2 Å². The van der Waals surface area contributed by atoms with E-state index in [4.69, 9.17) is 4.74 Å². The van der Waals surface area contributed by atoms with Gasteiger partial charge >= 0.3 is 0 Å². The number of ether oxygens (including phenoxy) is 1. The normalized spacial score (nSPS) is 36.0. The van der Waals surface area contributed by atoms with Gasteiger partial charge in [-0.2, -0.15) is 0 Å². The molecular weight excluding hydrogens is 164 g/mol. The predicted molar refractivity (Wildman–Crippen MR) is 52.9 cm³/mol. The van der Waals surface area contributed by atoms with E-state index in [-0.39, 0.29) is 0 Å². The van der Waals surface area contributed by atoms with E-state index in [0.717, 1.165) is 13.1 Å². The third-order valence-electron chi connectivity index (χ3n) is 2.89. The molecule has 13 heavy (non-hydrogen) atoms. The molecule has 3 heteroatoms. The van der Waals surface area contributed by atoms with Crippen molar-refractivity contribution >= 4 is 0 Å². The number of piperidine rings is 2. The van der Waals surface area contributed by atoms with Gasteiger partial charge in [0.25, 0.3) is 0 Å². The van der Waals surface area contributed by atoms with Crippen LogP contribution in [0.1, 0.15) is 25.7 Å². The van der Waals surface area contributed by atoms with Crippen molar-refractivity contribution in [3.8, 4) is 0 Å². The minimum atomic E-state index is 0.471. The summed E-state index contributed by atoms with van der Waals surface area (Å²) < 4.78 is 6.01. The quantitative estimate of drug-likeness (QED) is 0.656. The summed E-state index contributed by atoms with van der Waals surface area (Å²) >= 11 is 0. The van der Waals surface area contributed by atoms with Crippen LogP contribution in [-0.2, 0) is 4.74 Å². The molecule has 2 aliphatic heterocycles. The number of rotatable bonds is 2. The van der Waals surface area contributed by atoms with E-state index in [1.807, 2.05) is 0 Å². The van der Waals surface area contributed by atoms with E-state index < -0.39 is 0 Å². The van der Waals surface area contributed by atoms with Crippen LogP contribution in [0.3, 0.4) is 0 Å². The van der Waals surface area contributed by atoms with Crippen LogP contribution < -0.4 is 10.6 Å². The minimum absolute atomic E-state index is 0.471. The zero-order chi connectivity index (χ0) is 8.93. The highest BCUT2D eigenvalue weighted by Crippen LogP contribution is 2.13. The van der Waals surface area contributed by atoms with Gasteiger partial charge < -0.3 is 15.4 Å². The van der Waals surface area contributed by atoms with Crippen molar-refractivity contribution < 1.29 is 4.74 Å². The second-order valence-corrected chi connectivity index (χ2v) is 4.07. The number of hydrogen-bond acceptors (Lipinski definition) is 3. The molecule has 0 aromatic carbocycles. The lowest BCUT2D eigenvalue weighted by atomic mass is 10.1. The van der Waals surface area contributed by atoms with Gasteiger partial charge in [-0.1, -0.05) is 0 Å². The molecule has 0 spiro atoms. The Morgan fingerprint density at radius 3 is 1.77 bits per heavy atom. The van der Waals surface area contributed by atoms with Gasteiger partial charge in [-0.05, 0) is 38.8 Å². The van der Waals surface area contributed by atoms with Crippen molar-refractivity contribution in [3.63, 3.8) is 0 Å². The molecule has 0 radical (unpaired) electrons. The van der Waals surface area contributed by atoms with Crippen LogP contribution in [0.15, 0.2) is 0 Å². The maximum atomic E-state index is 6.01. The Morgan fingerprint density at radius 1 is 0.846 bits per heavy atom. The average Bonchev–Trinajstić information content (AvgIpc) is 2.21. The van der Waals surface area contributed by atoms with Crippen molar-refractivity contribution in [2.45, 2.75) is 37.9 Å². The average molecular weight is 184 g/mol. The van der Waals surface area contributed by atoms with Crippen LogP contribution in [0.2, 0.25) is 0 Å². The summed E-state index contributed by atoms with van der Waals surface area (Å²) in [5.74, 6) is 0. The van der Waals surface area contributed by atoms with Gasteiger partial charge in [-0.15, -0.1) is 0 Å². The van der Waals surface area contributed by atoms with Crippen LogP contribution in [0, 0.1) is 0 Å². The number of nitrogens with one attached hydrogen (secondary N) is 2. The van der Waals surface area contributed by atoms with Crippen LogP contribution >= 0.6 is 0 Å². The third-order valence-corrected chi connectivity index (χ3v) is 2.89. The molecule has 0 aromatic heterocycles. The summed E-state index contributed by atoms with van der Waals surface area (Å²) in [6, 6.07) is 0. The van der Waals surface area contributed by atoms with Crippen molar-refractivity contribution in [1.82, 2.24) is 10.6 Å². The zero-order valence-electron chi connectivity index (χ0n) is 8.22.